The van der Waals surface area contributed by atoms with Gasteiger partial charge in [0, 0.05) is 19.1 Å². The van der Waals surface area contributed by atoms with E-state index in [9.17, 15) is 9.59 Å². The van der Waals surface area contributed by atoms with Gasteiger partial charge in [0.15, 0.2) is 17.1 Å². The van der Waals surface area contributed by atoms with Gasteiger partial charge < -0.3 is 20.0 Å². The maximum absolute atomic E-state index is 13.2. The first-order valence-corrected chi connectivity index (χ1v) is 9.47. The normalized spacial score (nSPS) is 15.4. The van der Waals surface area contributed by atoms with Gasteiger partial charge in [-0.15, -0.1) is 0 Å². The van der Waals surface area contributed by atoms with Crippen molar-refractivity contribution in [1.29, 1.82) is 0 Å². The number of carbonyl (C=O) groups excluding carboxylic acids is 2. The molecular weight excluding hydrogens is 372 g/mol. The number of nitrogens with zero attached hydrogens (tertiary/aromatic N) is 5. The molecule has 1 saturated carbocycles. The number of rotatable bonds is 6. The van der Waals surface area contributed by atoms with Crippen molar-refractivity contribution in [3.8, 4) is 11.5 Å². The van der Waals surface area contributed by atoms with Crippen molar-refractivity contribution in [1.82, 2.24) is 24.2 Å². The number of imidazole rings is 1. The molecule has 29 heavy (non-hydrogen) atoms. The van der Waals surface area contributed by atoms with E-state index in [1.807, 2.05) is 14.1 Å². The molecule has 9 heteroatoms. The van der Waals surface area contributed by atoms with Crippen LogP contribution in [0.5, 0.6) is 0 Å². The summed E-state index contributed by atoms with van der Waals surface area (Å²) in [5.74, 6) is -0.402. The van der Waals surface area contributed by atoms with Crippen LogP contribution >= 0.6 is 0 Å². The zero-order valence-corrected chi connectivity index (χ0v) is 16.8. The Bertz CT molecular complexity index is 1070. The molecule has 0 saturated heterocycles. The van der Waals surface area contributed by atoms with Gasteiger partial charge in [0.1, 0.15) is 12.0 Å². The van der Waals surface area contributed by atoms with Gasteiger partial charge in [-0.25, -0.2) is 9.97 Å². The number of carbonyl (C=O) groups is 2. The Hall–Kier alpha value is -3.20. The average Bonchev–Trinajstić information content (AvgIpc) is 3.32. The zero-order chi connectivity index (χ0) is 20.8. The first-order valence-electron chi connectivity index (χ1n) is 9.47. The summed E-state index contributed by atoms with van der Waals surface area (Å²) in [6.45, 7) is 0.601. The second-order valence-corrected chi connectivity index (χ2v) is 7.79. The SMILES string of the molecule is CN(CC1(N(C)C)CCC1)C(=O)c1cc(-c2ccco2)n2cnc(C(N)=O)c2n1. The van der Waals surface area contributed by atoms with Gasteiger partial charge in [-0.1, -0.05) is 0 Å². The molecule has 0 radical (unpaired) electrons. The van der Waals surface area contributed by atoms with Gasteiger partial charge in [-0.3, -0.25) is 14.0 Å². The van der Waals surface area contributed by atoms with E-state index in [1.54, 1.807) is 40.8 Å². The predicted octanol–water partition coefficient (Wildman–Crippen LogP) is 1.64. The van der Waals surface area contributed by atoms with E-state index in [4.69, 9.17) is 10.2 Å². The van der Waals surface area contributed by atoms with Gasteiger partial charge in [0.2, 0.25) is 0 Å². The average molecular weight is 396 g/mol. The maximum Gasteiger partial charge on any atom is 0.272 e. The molecule has 1 aliphatic carbocycles. The summed E-state index contributed by atoms with van der Waals surface area (Å²) < 4.78 is 7.11. The Morgan fingerprint density at radius 3 is 2.62 bits per heavy atom. The van der Waals surface area contributed by atoms with E-state index in [0.29, 0.717) is 18.0 Å². The molecule has 0 unspecified atom stereocenters. The topological polar surface area (TPSA) is 110 Å². The Kier molecular flexibility index (Phi) is 4.62. The number of aromatic nitrogens is 3. The molecule has 0 aliphatic heterocycles. The Morgan fingerprint density at radius 1 is 1.31 bits per heavy atom. The van der Waals surface area contributed by atoms with E-state index in [0.717, 1.165) is 19.3 Å². The van der Waals surface area contributed by atoms with Crippen LogP contribution in [-0.4, -0.2) is 69.2 Å². The second-order valence-electron chi connectivity index (χ2n) is 7.79. The molecular formula is C20H24N6O3. The van der Waals surface area contributed by atoms with Gasteiger partial charge in [0.05, 0.1) is 12.0 Å². The molecule has 4 rings (SSSR count). The summed E-state index contributed by atoms with van der Waals surface area (Å²) in [6, 6.07) is 5.17. The molecule has 1 fully saturated rings. The molecule has 0 bridgehead atoms. The lowest BCUT2D eigenvalue weighted by molar-refractivity contribution is 0.0250. The summed E-state index contributed by atoms with van der Waals surface area (Å²) in [7, 11) is 5.86. The maximum atomic E-state index is 13.2. The molecule has 3 aromatic rings. The van der Waals surface area contributed by atoms with E-state index in [-0.39, 0.29) is 28.5 Å². The summed E-state index contributed by atoms with van der Waals surface area (Å²) in [6.07, 6.45) is 6.25. The monoisotopic (exact) mass is 396 g/mol. The molecule has 0 spiro atoms. The van der Waals surface area contributed by atoms with Crippen LogP contribution < -0.4 is 5.73 Å². The molecule has 0 aromatic carbocycles. The van der Waals surface area contributed by atoms with E-state index < -0.39 is 5.91 Å². The van der Waals surface area contributed by atoms with Crippen molar-refractivity contribution in [2.45, 2.75) is 24.8 Å². The van der Waals surface area contributed by atoms with Crippen molar-refractivity contribution < 1.29 is 14.0 Å². The number of fused-ring (bicyclic) bond motifs is 1. The van der Waals surface area contributed by atoms with Gasteiger partial charge >= 0.3 is 0 Å². The third kappa shape index (κ3) is 3.17. The molecule has 9 nitrogen and oxygen atoms in total. The fourth-order valence-electron chi connectivity index (χ4n) is 3.91. The molecule has 2 amide bonds. The quantitative estimate of drug-likeness (QED) is 0.678. The molecule has 3 aromatic heterocycles. The minimum atomic E-state index is -0.704. The van der Waals surface area contributed by atoms with Crippen LogP contribution in [0.4, 0.5) is 0 Å². The largest absolute Gasteiger partial charge is 0.463 e. The third-order valence-electron chi connectivity index (χ3n) is 5.84. The van der Waals surface area contributed by atoms with Crippen molar-refractivity contribution >= 4 is 17.5 Å². The van der Waals surface area contributed by atoms with Crippen LogP contribution in [0.1, 0.15) is 40.2 Å². The molecule has 2 N–H and O–H groups in total. The predicted molar refractivity (Wildman–Crippen MR) is 106 cm³/mol. The van der Waals surface area contributed by atoms with Crippen LogP contribution in [-0.2, 0) is 0 Å². The molecule has 152 valence electrons. The standard InChI is InChI=1S/C20H24N6O3/c1-24(2)20(7-5-8-20)11-25(3)19(28)13-10-14(15-6-4-9-29-15)26-12-22-16(17(21)27)18(26)23-13/h4,6,9-10,12H,5,7-8,11H2,1-3H3,(H2,21,27). The zero-order valence-electron chi connectivity index (χ0n) is 16.8. The highest BCUT2D eigenvalue weighted by atomic mass is 16.3. The van der Waals surface area contributed by atoms with Crippen LogP contribution in [0, 0.1) is 0 Å². The number of amides is 2. The number of likely N-dealkylation sites (N-methyl/N-ethyl adjacent to an activating group) is 2. The van der Waals surface area contributed by atoms with Gasteiger partial charge in [-0.05, 0) is 51.6 Å². The van der Waals surface area contributed by atoms with Gasteiger partial charge in [-0.2, -0.15) is 0 Å². The van der Waals surface area contributed by atoms with Crippen molar-refractivity contribution in [2.75, 3.05) is 27.7 Å². The van der Waals surface area contributed by atoms with Gasteiger partial charge in [0.25, 0.3) is 11.8 Å². The highest BCUT2D eigenvalue weighted by Crippen LogP contribution is 2.37. The minimum absolute atomic E-state index is 0.00660. The lowest BCUT2D eigenvalue weighted by atomic mass is 9.75. The molecule has 1 aliphatic rings. The van der Waals surface area contributed by atoms with E-state index >= 15 is 0 Å². The Labute approximate surface area is 168 Å². The fraction of sp³-hybridized carbons (Fsp3) is 0.400. The molecule has 0 atom stereocenters. The first kappa shape index (κ1) is 19.1. The summed E-state index contributed by atoms with van der Waals surface area (Å²) in [5.41, 5.74) is 6.46. The number of nitrogens with two attached hydrogens (primary N) is 1. The number of hydrogen-bond donors (Lipinski definition) is 1. The second kappa shape index (κ2) is 7.00. The van der Waals surface area contributed by atoms with E-state index in [1.165, 1.54) is 6.33 Å². The smallest absolute Gasteiger partial charge is 0.272 e. The van der Waals surface area contributed by atoms with Crippen LogP contribution in [0.25, 0.3) is 17.1 Å². The molecule has 3 heterocycles. The van der Waals surface area contributed by atoms with Crippen molar-refractivity contribution in [2.24, 2.45) is 5.73 Å². The summed E-state index contributed by atoms with van der Waals surface area (Å²) in [5, 5.41) is 0. The number of hydrogen-bond acceptors (Lipinski definition) is 6. The number of furan rings is 1. The van der Waals surface area contributed by atoms with Crippen molar-refractivity contribution in [3.05, 3.63) is 42.2 Å². The summed E-state index contributed by atoms with van der Waals surface area (Å²) >= 11 is 0. The lowest BCUT2D eigenvalue weighted by Gasteiger charge is -2.49. The first-order chi connectivity index (χ1) is 13.8. The Balaban J connectivity index is 1.76. The Morgan fingerprint density at radius 2 is 2.07 bits per heavy atom. The van der Waals surface area contributed by atoms with Crippen LogP contribution in [0.2, 0.25) is 0 Å². The highest BCUT2D eigenvalue weighted by molar-refractivity contribution is 5.99. The highest BCUT2D eigenvalue weighted by Gasteiger charge is 2.41. The van der Waals surface area contributed by atoms with E-state index in [2.05, 4.69) is 14.9 Å². The fourth-order valence-corrected chi connectivity index (χ4v) is 3.91. The van der Waals surface area contributed by atoms with Crippen LogP contribution in [0.3, 0.4) is 0 Å². The third-order valence-corrected chi connectivity index (χ3v) is 5.84. The minimum Gasteiger partial charge on any atom is -0.463 e. The lowest BCUT2D eigenvalue weighted by Crippen LogP contribution is -2.57. The van der Waals surface area contributed by atoms with Crippen molar-refractivity contribution in [3.63, 3.8) is 0 Å². The van der Waals surface area contributed by atoms with Crippen LogP contribution in [0.15, 0.2) is 35.2 Å². The number of primary amides is 1. The summed E-state index contributed by atoms with van der Waals surface area (Å²) in [4.78, 5) is 37.4.